The summed E-state index contributed by atoms with van der Waals surface area (Å²) in [5.74, 6) is -1.40. The number of aliphatic carboxylic acids is 1. The van der Waals surface area contributed by atoms with Crippen molar-refractivity contribution in [2.24, 2.45) is 0 Å². The van der Waals surface area contributed by atoms with Crippen LogP contribution in [0.3, 0.4) is 0 Å². The van der Waals surface area contributed by atoms with Gasteiger partial charge in [-0.15, -0.1) is 11.3 Å². The van der Waals surface area contributed by atoms with Gasteiger partial charge in [0.2, 0.25) is 0 Å². The van der Waals surface area contributed by atoms with Gasteiger partial charge in [-0.05, 0) is 19.9 Å². The van der Waals surface area contributed by atoms with Crippen LogP contribution in [0.5, 0.6) is 0 Å². The molecular weight excluding hydrogens is 280 g/mol. The molecule has 7 heteroatoms. The van der Waals surface area contributed by atoms with E-state index in [9.17, 15) is 9.59 Å². The molecule has 0 unspecified atom stereocenters. The highest BCUT2D eigenvalue weighted by Crippen LogP contribution is 2.32. The van der Waals surface area contributed by atoms with Crippen LogP contribution in [0.1, 0.15) is 28.6 Å². The van der Waals surface area contributed by atoms with E-state index in [0.29, 0.717) is 10.6 Å². The number of carbonyl (C=O) groups is 2. The number of aryl methyl sites for hydroxylation is 1. The number of nitrogens with zero attached hydrogens (tertiary/aromatic N) is 2. The second kappa shape index (κ2) is 7.50. The van der Waals surface area contributed by atoms with Gasteiger partial charge in [0, 0.05) is 11.4 Å². The van der Waals surface area contributed by atoms with Crippen molar-refractivity contribution >= 4 is 28.3 Å². The molecule has 1 heterocycles. The number of esters is 1. The Labute approximate surface area is 121 Å². The number of hydrogen-bond acceptors (Lipinski definition) is 6. The Balaban J connectivity index is 3.03. The molecule has 1 rings (SSSR count). The number of hydrogen-bond donors (Lipinski definition) is 1. The molecule has 0 aliphatic rings. The summed E-state index contributed by atoms with van der Waals surface area (Å²) in [6, 6.07) is 3.68. The van der Waals surface area contributed by atoms with E-state index in [1.165, 1.54) is 11.3 Å². The Morgan fingerprint density at radius 3 is 2.80 bits per heavy atom. The van der Waals surface area contributed by atoms with Gasteiger partial charge >= 0.3 is 11.9 Å². The highest BCUT2D eigenvalue weighted by molar-refractivity contribution is 7.16. The van der Waals surface area contributed by atoms with Crippen molar-refractivity contribution in [3.05, 3.63) is 16.5 Å². The molecule has 0 saturated carbocycles. The third kappa shape index (κ3) is 4.24. The first-order valence-electron chi connectivity index (χ1n) is 6.10. The molecule has 1 aromatic heterocycles. The summed E-state index contributed by atoms with van der Waals surface area (Å²) >= 11 is 1.35. The lowest BCUT2D eigenvalue weighted by Gasteiger charge is -2.20. The van der Waals surface area contributed by atoms with Gasteiger partial charge in [0.05, 0.1) is 24.7 Å². The van der Waals surface area contributed by atoms with E-state index in [2.05, 4.69) is 0 Å². The quantitative estimate of drug-likeness (QED) is 0.611. The van der Waals surface area contributed by atoms with Gasteiger partial charge in [-0.25, -0.2) is 4.79 Å². The van der Waals surface area contributed by atoms with Crippen molar-refractivity contribution < 1.29 is 19.4 Å². The number of anilines is 1. The van der Waals surface area contributed by atoms with Crippen LogP contribution in [0.4, 0.5) is 5.00 Å². The minimum Gasteiger partial charge on any atom is -0.481 e. The zero-order valence-electron chi connectivity index (χ0n) is 11.4. The number of carboxylic acids is 1. The number of rotatable bonds is 7. The smallest absolute Gasteiger partial charge is 0.341 e. The average molecular weight is 296 g/mol. The lowest BCUT2D eigenvalue weighted by molar-refractivity contribution is -0.136. The van der Waals surface area contributed by atoms with Gasteiger partial charge in [-0.2, -0.15) is 5.26 Å². The lowest BCUT2D eigenvalue weighted by Crippen LogP contribution is -2.27. The van der Waals surface area contributed by atoms with Crippen LogP contribution in [0, 0.1) is 18.3 Å². The number of ether oxygens (including phenoxy) is 1. The van der Waals surface area contributed by atoms with E-state index in [1.54, 1.807) is 17.9 Å². The van der Waals surface area contributed by atoms with Gasteiger partial charge < -0.3 is 14.7 Å². The fraction of sp³-hybridized carbons (Fsp3) is 0.462. The second-order valence-corrected chi connectivity index (χ2v) is 5.25. The van der Waals surface area contributed by atoms with Crippen LogP contribution in [0.15, 0.2) is 6.07 Å². The Hall–Kier alpha value is -2.07. The summed E-state index contributed by atoms with van der Waals surface area (Å²) < 4.78 is 4.98. The van der Waals surface area contributed by atoms with Crippen molar-refractivity contribution in [3.63, 3.8) is 0 Å². The SMILES string of the molecule is CCOC(=O)c1cc(C)sc1N(CC#N)CCC(=O)O. The van der Waals surface area contributed by atoms with E-state index in [1.807, 2.05) is 13.0 Å². The molecule has 0 aliphatic heterocycles. The minimum absolute atomic E-state index is 0.0274. The maximum Gasteiger partial charge on any atom is 0.341 e. The summed E-state index contributed by atoms with van der Waals surface area (Å²) in [5.41, 5.74) is 0.384. The topological polar surface area (TPSA) is 90.6 Å². The standard InChI is InChI=1S/C13H16N2O4S/c1-3-19-13(18)10-8-9(2)20-12(10)15(7-5-14)6-4-11(16)17/h8H,3-4,6-7H2,1-2H3,(H,16,17). The summed E-state index contributed by atoms with van der Waals surface area (Å²) in [6.45, 7) is 4.03. The molecule has 0 fully saturated rings. The third-order valence-corrected chi connectivity index (χ3v) is 3.59. The summed E-state index contributed by atoms with van der Waals surface area (Å²) in [4.78, 5) is 25.1. The number of carbonyl (C=O) groups excluding carboxylic acids is 1. The van der Waals surface area contributed by atoms with E-state index < -0.39 is 11.9 Å². The fourth-order valence-electron chi connectivity index (χ4n) is 1.66. The number of carboxylic acid groups (broad SMARTS) is 1. The highest BCUT2D eigenvalue weighted by Gasteiger charge is 2.21. The van der Waals surface area contributed by atoms with Crippen LogP contribution in [0.2, 0.25) is 0 Å². The molecule has 0 atom stereocenters. The monoisotopic (exact) mass is 296 g/mol. The molecule has 0 amide bonds. The molecule has 0 spiro atoms. The molecule has 1 N–H and O–H groups in total. The largest absolute Gasteiger partial charge is 0.481 e. The molecular formula is C13H16N2O4S. The molecule has 0 radical (unpaired) electrons. The Bertz CT molecular complexity index is 533. The third-order valence-electron chi connectivity index (χ3n) is 2.48. The fourth-order valence-corrected chi connectivity index (χ4v) is 2.68. The predicted octanol–water partition coefficient (Wildman–Crippen LogP) is 2.04. The van der Waals surface area contributed by atoms with E-state index in [-0.39, 0.29) is 26.1 Å². The number of nitriles is 1. The van der Waals surface area contributed by atoms with Gasteiger partial charge in [0.1, 0.15) is 11.5 Å². The lowest BCUT2D eigenvalue weighted by atomic mass is 10.2. The van der Waals surface area contributed by atoms with Gasteiger partial charge in [-0.1, -0.05) is 0 Å². The molecule has 0 bridgehead atoms. The van der Waals surface area contributed by atoms with Crippen molar-refractivity contribution in [2.75, 3.05) is 24.6 Å². The van der Waals surface area contributed by atoms with Crippen LogP contribution in [-0.2, 0) is 9.53 Å². The van der Waals surface area contributed by atoms with Crippen molar-refractivity contribution in [1.82, 2.24) is 0 Å². The molecule has 0 aliphatic carbocycles. The van der Waals surface area contributed by atoms with Gasteiger partial charge in [0.15, 0.2) is 0 Å². The molecule has 20 heavy (non-hydrogen) atoms. The Morgan fingerprint density at radius 2 is 2.25 bits per heavy atom. The zero-order valence-corrected chi connectivity index (χ0v) is 12.2. The van der Waals surface area contributed by atoms with E-state index in [0.717, 1.165) is 4.88 Å². The van der Waals surface area contributed by atoms with Crippen molar-refractivity contribution in [1.29, 1.82) is 5.26 Å². The molecule has 6 nitrogen and oxygen atoms in total. The predicted molar refractivity (Wildman–Crippen MR) is 75.1 cm³/mol. The summed E-state index contributed by atoms with van der Waals surface area (Å²) in [5, 5.41) is 18.2. The minimum atomic E-state index is -0.945. The van der Waals surface area contributed by atoms with Crippen LogP contribution >= 0.6 is 11.3 Å². The Morgan fingerprint density at radius 1 is 1.55 bits per heavy atom. The van der Waals surface area contributed by atoms with Crippen LogP contribution in [0.25, 0.3) is 0 Å². The van der Waals surface area contributed by atoms with Gasteiger partial charge in [-0.3, -0.25) is 4.79 Å². The summed E-state index contributed by atoms with van der Waals surface area (Å²) in [7, 11) is 0. The molecule has 108 valence electrons. The highest BCUT2D eigenvalue weighted by atomic mass is 32.1. The first-order chi connectivity index (χ1) is 9.49. The molecule has 1 aromatic rings. The first kappa shape index (κ1) is 16.0. The van der Waals surface area contributed by atoms with Crippen LogP contribution in [-0.4, -0.2) is 36.7 Å². The Kier molecular flexibility index (Phi) is 6.00. The maximum atomic E-state index is 11.9. The normalized spacial score (nSPS) is 9.85. The first-order valence-corrected chi connectivity index (χ1v) is 6.92. The number of thiophene rings is 1. The zero-order chi connectivity index (χ0) is 15.1. The van der Waals surface area contributed by atoms with Crippen molar-refractivity contribution in [3.8, 4) is 6.07 Å². The van der Waals surface area contributed by atoms with E-state index >= 15 is 0 Å². The maximum absolute atomic E-state index is 11.9. The summed E-state index contributed by atoms with van der Waals surface area (Å²) in [6.07, 6.45) is -0.0963. The second-order valence-electron chi connectivity index (χ2n) is 4.02. The van der Waals surface area contributed by atoms with E-state index in [4.69, 9.17) is 15.1 Å². The van der Waals surface area contributed by atoms with Gasteiger partial charge in [0.25, 0.3) is 0 Å². The van der Waals surface area contributed by atoms with Crippen LogP contribution < -0.4 is 4.90 Å². The molecule has 0 saturated heterocycles. The molecule has 0 aromatic carbocycles. The van der Waals surface area contributed by atoms with Crippen molar-refractivity contribution in [2.45, 2.75) is 20.3 Å². The average Bonchev–Trinajstić information content (AvgIpc) is 2.76.